The van der Waals surface area contributed by atoms with E-state index in [1.165, 1.54) is 0 Å². The second-order valence-corrected chi connectivity index (χ2v) is 6.75. The van der Waals surface area contributed by atoms with Crippen molar-refractivity contribution >= 4 is 28.5 Å². The monoisotopic (exact) mass is 442 g/mol. The number of likely N-dealkylation sites (tertiary alicyclic amines) is 1. The predicted octanol–water partition coefficient (Wildman–Crippen LogP) is 2.38. The zero-order valence-electron chi connectivity index (χ0n) is 13.6. The van der Waals surface area contributed by atoms with Crippen LogP contribution in [-0.2, 0) is 0 Å². The zero-order valence-corrected chi connectivity index (χ0v) is 15.8. The third-order valence-electron chi connectivity index (χ3n) is 4.27. The number of ether oxygens (including phenoxy) is 2. The van der Waals surface area contributed by atoms with Crippen LogP contribution in [0.3, 0.4) is 0 Å². The summed E-state index contributed by atoms with van der Waals surface area (Å²) in [5.74, 6) is 1.22. The molecule has 0 bridgehead atoms. The van der Waals surface area contributed by atoms with Gasteiger partial charge in [-0.25, -0.2) is 9.67 Å². The van der Waals surface area contributed by atoms with Crippen LogP contribution < -0.4 is 9.47 Å². The number of methoxy groups -OCH3 is 2. The number of hydrogen-bond donors (Lipinski definition) is 0. The van der Waals surface area contributed by atoms with Gasteiger partial charge in [0.15, 0.2) is 11.5 Å². The molecule has 3 rings (SSSR count). The molecule has 0 atom stereocenters. The molecule has 0 aliphatic carbocycles. The largest absolute Gasteiger partial charge is 0.493 e. The molecule has 1 aliphatic heterocycles. The summed E-state index contributed by atoms with van der Waals surface area (Å²) in [5.41, 5.74) is 0.646. The lowest BCUT2D eigenvalue weighted by Gasteiger charge is -2.32. The molecule has 0 saturated carbocycles. The first-order chi connectivity index (χ1) is 11.6. The normalized spacial score (nSPS) is 15.4. The van der Waals surface area contributed by atoms with Crippen LogP contribution in [0.2, 0.25) is 0 Å². The van der Waals surface area contributed by atoms with Crippen molar-refractivity contribution in [1.82, 2.24) is 19.7 Å². The first-order valence-corrected chi connectivity index (χ1v) is 8.76. The first-order valence-electron chi connectivity index (χ1n) is 7.69. The number of carbonyl (C=O) groups excluding carboxylic acids is 1. The van der Waals surface area contributed by atoms with E-state index in [9.17, 15) is 4.79 Å². The van der Waals surface area contributed by atoms with Crippen LogP contribution in [0.4, 0.5) is 0 Å². The van der Waals surface area contributed by atoms with E-state index in [2.05, 4.69) is 32.7 Å². The third-order valence-corrected chi connectivity index (χ3v) is 5.16. The van der Waals surface area contributed by atoms with E-state index in [1.54, 1.807) is 32.9 Å². The van der Waals surface area contributed by atoms with Crippen molar-refractivity contribution in [2.24, 2.45) is 0 Å². The first kappa shape index (κ1) is 17.0. The Bertz CT molecular complexity index is 712. The van der Waals surface area contributed by atoms with Crippen molar-refractivity contribution in [3.05, 3.63) is 33.9 Å². The highest BCUT2D eigenvalue weighted by molar-refractivity contribution is 14.1. The van der Waals surface area contributed by atoms with Crippen LogP contribution in [0.5, 0.6) is 11.5 Å². The lowest BCUT2D eigenvalue weighted by Crippen LogP contribution is -2.39. The third kappa shape index (κ3) is 3.33. The summed E-state index contributed by atoms with van der Waals surface area (Å²) in [6, 6.07) is 3.89. The molecule has 128 valence electrons. The molecule has 8 heteroatoms. The lowest BCUT2D eigenvalue weighted by atomic mass is 10.0. The molecule has 1 aromatic carbocycles. The van der Waals surface area contributed by atoms with Gasteiger partial charge in [-0.15, -0.1) is 0 Å². The summed E-state index contributed by atoms with van der Waals surface area (Å²) in [6.45, 7) is 1.40. The maximum Gasteiger partial charge on any atom is 0.255 e. The molecule has 1 fully saturated rings. The fraction of sp³-hybridized carbons (Fsp3) is 0.438. The number of benzene rings is 1. The van der Waals surface area contributed by atoms with Crippen molar-refractivity contribution in [2.45, 2.75) is 18.9 Å². The van der Waals surface area contributed by atoms with E-state index in [4.69, 9.17) is 9.47 Å². The number of aromatic nitrogens is 3. The topological polar surface area (TPSA) is 69.5 Å². The van der Waals surface area contributed by atoms with Gasteiger partial charge in [0.25, 0.3) is 5.91 Å². The van der Waals surface area contributed by atoms with Gasteiger partial charge >= 0.3 is 0 Å². The minimum Gasteiger partial charge on any atom is -0.493 e. The molecule has 1 saturated heterocycles. The minimum atomic E-state index is 0.0254. The standard InChI is InChI=1S/C16H19IN4O3/c1-23-14-7-12(13(17)8-15(14)24-2)16(22)20-5-3-11(4-6-20)21-10-18-9-19-21/h7-11H,3-6H2,1-2H3. The van der Waals surface area contributed by atoms with E-state index in [0.29, 0.717) is 36.2 Å². The van der Waals surface area contributed by atoms with E-state index < -0.39 is 0 Å². The zero-order chi connectivity index (χ0) is 17.1. The fourth-order valence-electron chi connectivity index (χ4n) is 2.93. The molecule has 0 unspecified atom stereocenters. The number of amides is 1. The highest BCUT2D eigenvalue weighted by Crippen LogP contribution is 2.32. The highest BCUT2D eigenvalue weighted by Gasteiger charge is 2.26. The summed E-state index contributed by atoms with van der Waals surface area (Å²) in [5, 5.41) is 4.19. The lowest BCUT2D eigenvalue weighted by molar-refractivity contribution is 0.0688. The van der Waals surface area contributed by atoms with Crippen LogP contribution in [0.15, 0.2) is 24.8 Å². The number of nitrogens with zero attached hydrogens (tertiary/aromatic N) is 4. The molecular weight excluding hydrogens is 423 g/mol. The van der Waals surface area contributed by atoms with E-state index in [-0.39, 0.29) is 5.91 Å². The minimum absolute atomic E-state index is 0.0254. The number of rotatable bonds is 4. The van der Waals surface area contributed by atoms with Crippen molar-refractivity contribution in [2.75, 3.05) is 27.3 Å². The smallest absolute Gasteiger partial charge is 0.255 e. The maximum atomic E-state index is 12.9. The number of halogens is 1. The second-order valence-electron chi connectivity index (χ2n) is 5.59. The van der Waals surface area contributed by atoms with Gasteiger partial charge in [0.1, 0.15) is 12.7 Å². The molecule has 2 heterocycles. The summed E-state index contributed by atoms with van der Waals surface area (Å²) in [7, 11) is 3.16. The van der Waals surface area contributed by atoms with Crippen molar-refractivity contribution in [1.29, 1.82) is 0 Å². The predicted molar refractivity (Wildman–Crippen MR) is 96.5 cm³/mol. The van der Waals surface area contributed by atoms with Crippen LogP contribution in [0, 0.1) is 3.57 Å². The second kappa shape index (κ2) is 7.37. The Balaban J connectivity index is 1.73. The Morgan fingerprint density at radius 3 is 2.46 bits per heavy atom. The average Bonchev–Trinajstić information content (AvgIpc) is 3.15. The number of hydrogen-bond acceptors (Lipinski definition) is 5. The van der Waals surface area contributed by atoms with Crippen molar-refractivity contribution in [3.63, 3.8) is 0 Å². The number of piperidine rings is 1. The molecule has 2 aromatic rings. The Kier molecular flexibility index (Phi) is 5.22. The molecule has 0 radical (unpaired) electrons. The van der Waals surface area contributed by atoms with Gasteiger partial charge in [0.05, 0.1) is 25.8 Å². The fourth-order valence-corrected chi connectivity index (χ4v) is 3.60. The average molecular weight is 442 g/mol. The SMILES string of the molecule is COc1cc(I)c(C(=O)N2CCC(n3cncn3)CC2)cc1OC. The van der Waals surface area contributed by atoms with Gasteiger partial charge in [-0.1, -0.05) is 0 Å². The molecular formula is C16H19IN4O3. The summed E-state index contributed by atoms with van der Waals surface area (Å²) < 4.78 is 13.3. The molecule has 24 heavy (non-hydrogen) atoms. The van der Waals surface area contributed by atoms with Gasteiger partial charge < -0.3 is 14.4 Å². The van der Waals surface area contributed by atoms with Crippen LogP contribution >= 0.6 is 22.6 Å². The Hall–Kier alpha value is -1.84. The van der Waals surface area contributed by atoms with Gasteiger partial charge in [-0.2, -0.15) is 5.10 Å². The van der Waals surface area contributed by atoms with Crippen molar-refractivity contribution in [3.8, 4) is 11.5 Å². The van der Waals surface area contributed by atoms with Gasteiger partial charge in [0.2, 0.25) is 0 Å². The quantitative estimate of drug-likeness (QED) is 0.681. The number of carbonyl (C=O) groups is 1. The summed E-state index contributed by atoms with van der Waals surface area (Å²) >= 11 is 2.16. The van der Waals surface area contributed by atoms with Gasteiger partial charge in [-0.3, -0.25) is 4.79 Å². The van der Waals surface area contributed by atoms with Crippen LogP contribution in [-0.4, -0.2) is 52.9 Å². The molecule has 1 aliphatic rings. The van der Waals surface area contributed by atoms with Gasteiger partial charge in [-0.05, 0) is 47.6 Å². The van der Waals surface area contributed by atoms with Crippen molar-refractivity contribution < 1.29 is 14.3 Å². The van der Waals surface area contributed by atoms with E-state index in [1.807, 2.05) is 15.6 Å². The summed E-state index contributed by atoms with van der Waals surface area (Å²) in [4.78, 5) is 18.7. The molecule has 1 amide bonds. The Labute approximate surface area is 154 Å². The Morgan fingerprint density at radius 1 is 1.21 bits per heavy atom. The molecule has 0 spiro atoms. The molecule has 0 N–H and O–H groups in total. The highest BCUT2D eigenvalue weighted by atomic mass is 127. The molecule has 1 aromatic heterocycles. The van der Waals surface area contributed by atoms with E-state index >= 15 is 0 Å². The van der Waals surface area contributed by atoms with Crippen LogP contribution in [0.25, 0.3) is 0 Å². The summed E-state index contributed by atoms with van der Waals surface area (Å²) in [6.07, 6.45) is 5.03. The van der Waals surface area contributed by atoms with E-state index in [0.717, 1.165) is 16.4 Å². The van der Waals surface area contributed by atoms with Gasteiger partial charge in [0, 0.05) is 16.7 Å². The van der Waals surface area contributed by atoms with Crippen LogP contribution in [0.1, 0.15) is 29.2 Å². The Morgan fingerprint density at radius 2 is 1.88 bits per heavy atom. The molecule has 7 nitrogen and oxygen atoms in total. The maximum absolute atomic E-state index is 12.9.